The Morgan fingerprint density at radius 1 is 1.04 bits per heavy atom. The van der Waals surface area contributed by atoms with Gasteiger partial charge in [-0.05, 0) is 66.7 Å². The lowest BCUT2D eigenvalue weighted by Gasteiger charge is -2.25. The highest BCUT2D eigenvalue weighted by Gasteiger charge is 2.37. The van der Waals surface area contributed by atoms with Crippen molar-refractivity contribution in [1.29, 1.82) is 0 Å². The zero-order chi connectivity index (χ0) is 18.0. The Bertz CT molecular complexity index is 675. The van der Waals surface area contributed by atoms with Crippen molar-refractivity contribution in [2.75, 3.05) is 19.0 Å². The van der Waals surface area contributed by atoms with Gasteiger partial charge in [0.05, 0.1) is 0 Å². The molecule has 0 heterocycles. The van der Waals surface area contributed by atoms with Crippen molar-refractivity contribution < 1.29 is 0 Å². The van der Waals surface area contributed by atoms with Gasteiger partial charge < -0.3 is 4.90 Å². The van der Waals surface area contributed by atoms with E-state index in [2.05, 4.69) is 88.3 Å². The largest absolute Gasteiger partial charge is 0.378 e. The van der Waals surface area contributed by atoms with Crippen molar-refractivity contribution in [3.8, 4) is 0 Å². The van der Waals surface area contributed by atoms with E-state index < -0.39 is 0 Å². The molecule has 25 heavy (non-hydrogen) atoms. The maximum absolute atomic E-state index is 2.46. The van der Waals surface area contributed by atoms with Gasteiger partial charge in [0.15, 0.2) is 0 Å². The van der Waals surface area contributed by atoms with Crippen LogP contribution in [0.1, 0.15) is 45.6 Å². The molecule has 1 fully saturated rings. The van der Waals surface area contributed by atoms with Crippen molar-refractivity contribution >= 4 is 11.8 Å². The van der Waals surface area contributed by atoms with E-state index in [0.29, 0.717) is 0 Å². The number of rotatable bonds is 3. The van der Waals surface area contributed by atoms with Gasteiger partial charge in [-0.25, -0.2) is 0 Å². The molecule has 1 aromatic rings. The fourth-order valence-corrected chi connectivity index (χ4v) is 4.63. The molecule has 0 saturated heterocycles. The van der Waals surface area contributed by atoms with Crippen molar-refractivity contribution in [2.24, 2.45) is 23.7 Å². The third kappa shape index (κ3) is 4.08. The van der Waals surface area contributed by atoms with Crippen molar-refractivity contribution in [1.82, 2.24) is 0 Å². The Labute approximate surface area is 154 Å². The summed E-state index contributed by atoms with van der Waals surface area (Å²) in [4.78, 5) is 2.14. The van der Waals surface area contributed by atoms with Gasteiger partial charge in [-0.1, -0.05) is 62.3 Å². The molecule has 2 aliphatic carbocycles. The van der Waals surface area contributed by atoms with Crippen LogP contribution in [0.3, 0.4) is 0 Å². The second-order valence-electron chi connectivity index (χ2n) is 8.43. The minimum absolute atomic E-state index is 0.728. The predicted octanol–water partition coefficient (Wildman–Crippen LogP) is 6.34. The van der Waals surface area contributed by atoms with Crippen LogP contribution in [-0.4, -0.2) is 14.1 Å². The van der Waals surface area contributed by atoms with Gasteiger partial charge in [0.25, 0.3) is 0 Å². The Kier molecular flexibility index (Phi) is 5.51. The first kappa shape index (κ1) is 18.0. The van der Waals surface area contributed by atoms with Crippen LogP contribution in [-0.2, 0) is 0 Å². The zero-order valence-electron chi connectivity index (χ0n) is 16.5. The number of hydrogen-bond acceptors (Lipinski definition) is 1. The normalized spacial score (nSPS) is 31.1. The molecule has 0 N–H and O–H groups in total. The lowest BCUT2D eigenvalue weighted by molar-refractivity contribution is 0.333. The Morgan fingerprint density at radius 2 is 1.76 bits per heavy atom. The number of nitrogens with zero attached hydrogens (tertiary/aromatic N) is 1. The van der Waals surface area contributed by atoms with Gasteiger partial charge in [-0.15, -0.1) is 0 Å². The minimum Gasteiger partial charge on any atom is -0.378 e. The fourth-order valence-electron chi connectivity index (χ4n) is 4.63. The summed E-state index contributed by atoms with van der Waals surface area (Å²) in [5.41, 5.74) is 5.65. The molecule has 3 rings (SSSR count). The molecule has 0 spiro atoms. The van der Waals surface area contributed by atoms with E-state index in [9.17, 15) is 0 Å². The van der Waals surface area contributed by atoms with E-state index in [0.717, 1.165) is 23.7 Å². The Hall–Kier alpha value is -1.76. The van der Waals surface area contributed by atoms with Crippen LogP contribution in [0.15, 0.2) is 53.6 Å². The van der Waals surface area contributed by atoms with Gasteiger partial charge in [0.1, 0.15) is 0 Å². The predicted molar refractivity (Wildman–Crippen MR) is 111 cm³/mol. The standard InChI is InChI=1S/C24H33N/c1-17-9-10-18(2)24-21(16-19(3)23(24)15-17)8-6-7-20-11-13-22(14-12-20)25(4)5/h6-8,11-14,16-18,23-24H,9-10,15H2,1-5H3/b7-6+,21-8?. The summed E-state index contributed by atoms with van der Waals surface area (Å²) in [5.74, 6) is 3.16. The highest BCUT2D eigenvalue weighted by atomic mass is 15.1. The quantitative estimate of drug-likeness (QED) is 0.623. The number of allylic oxidation sites excluding steroid dienone is 5. The number of anilines is 1. The molecule has 0 bridgehead atoms. The molecule has 4 unspecified atom stereocenters. The highest BCUT2D eigenvalue weighted by molar-refractivity contribution is 5.57. The molecule has 0 radical (unpaired) electrons. The van der Waals surface area contributed by atoms with E-state index in [1.807, 2.05) is 0 Å². The molecule has 1 saturated carbocycles. The summed E-state index contributed by atoms with van der Waals surface area (Å²) in [5, 5.41) is 0. The van der Waals surface area contributed by atoms with Crippen LogP contribution in [0, 0.1) is 23.7 Å². The maximum Gasteiger partial charge on any atom is 0.0361 e. The molecule has 1 heteroatoms. The van der Waals surface area contributed by atoms with E-state index in [4.69, 9.17) is 0 Å². The average molecular weight is 336 g/mol. The summed E-state index contributed by atoms with van der Waals surface area (Å²) in [6.07, 6.45) is 13.4. The molecule has 0 aromatic heterocycles. The Balaban J connectivity index is 1.76. The van der Waals surface area contributed by atoms with Crippen LogP contribution >= 0.6 is 0 Å². The van der Waals surface area contributed by atoms with Crippen LogP contribution in [0.25, 0.3) is 6.08 Å². The average Bonchev–Trinajstić information content (AvgIpc) is 2.79. The minimum atomic E-state index is 0.728. The second-order valence-corrected chi connectivity index (χ2v) is 8.43. The summed E-state index contributed by atoms with van der Waals surface area (Å²) in [6.45, 7) is 7.23. The SMILES string of the molecule is CC1=CC(=C/C=C/c2ccc(N(C)C)cc2)C2C(C)CCC(C)CC12. The van der Waals surface area contributed by atoms with E-state index >= 15 is 0 Å². The second kappa shape index (κ2) is 7.64. The number of benzene rings is 1. The molecule has 2 aliphatic rings. The van der Waals surface area contributed by atoms with Gasteiger partial charge in [0.2, 0.25) is 0 Å². The van der Waals surface area contributed by atoms with E-state index in [1.165, 1.54) is 30.5 Å². The van der Waals surface area contributed by atoms with Crippen molar-refractivity contribution in [2.45, 2.75) is 40.0 Å². The molecule has 0 amide bonds. The smallest absolute Gasteiger partial charge is 0.0361 e. The molecule has 1 aromatic carbocycles. The fraction of sp³-hybridized carbons (Fsp3) is 0.500. The summed E-state index contributed by atoms with van der Waals surface area (Å²) in [7, 11) is 4.16. The highest BCUT2D eigenvalue weighted by Crippen LogP contribution is 2.48. The summed E-state index contributed by atoms with van der Waals surface area (Å²) >= 11 is 0. The van der Waals surface area contributed by atoms with Crippen LogP contribution in [0.2, 0.25) is 0 Å². The van der Waals surface area contributed by atoms with E-state index in [-0.39, 0.29) is 0 Å². The third-order valence-corrected chi connectivity index (χ3v) is 6.17. The first-order chi connectivity index (χ1) is 12.0. The lowest BCUT2D eigenvalue weighted by atomic mass is 9.79. The maximum atomic E-state index is 2.46. The lowest BCUT2D eigenvalue weighted by Crippen LogP contribution is -2.18. The van der Waals surface area contributed by atoms with Crippen LogP contribution < -0.4 is 4.90 Å². The van der Waals surface area contributed by atoms with Crippen molar-refractivity contribution in [3.63, 3.8) is 0 Å². The third-order valence-electron chi connectivity index (χ3n) is 6.17. The van der Waals surface area contributed by atoms with Crippen LogP contribution in [0.5, 0.6) is 0 Å². The summed E-state index contributed by atoms with van der Waals surface area (Å²) in [6, 6.07) is 8.74. The van der Waals surface area contributed by atoms with E-state index in [1.54, 1.807) is 11.1 Å². The molecule has 1 nitrogen and oxygen atoms in total. The molecular formula is C24H33N. The first-order valence-electron chi connectivity index (χ1n) is 9.79. The molecule has 0 aliphatic heterocycles. The Morgan fingerprint density at radius 3 is 2.44 bits per heavy atom. The molecule has 4 atom stereocenters. The molecular weight excluding hydrogens is 302 g/mol. The summed E-state index contributed by atoms with van der Waals surface area (Å²) < 4.78 is 0. The first-order valence-corrected chi connectivity index (χ1v) is 9.79. The number of hydrogen-bond donors (Lipinski definition) is 0. The van der Waals surface area contributed by atoms with Gasteiger partial charge in [0, 0.05) is 19.8 Å². The monoisotopic (exact) mass is 335 g/mol. The molecule has 134 valence electrons. The van der Waals surface area contributed by atoms with Crippen LogP contribution in [0.4, 0.5) is 5.69 Å². The zero-order valence-corrected chi connectivity index (χ0v) is 16.5. The van der Waals surface area contributed by atoms with Gasteiger partial charge in [-0.3, -0.25) is 0 Å². The van der Waals surface area contributed by atoms with Crippen molar-refractivity contribution in [3.05, 3.63) is 59.2 Å². The van der Waals surface area contributed by atoms with Gasteiger partial charge in [-0.2, -0.15) is 0 Å². The topological polar surface area (TPSA) is 3.24 Å². The van der Waals surface area contributed by atoms with Gasteiger partial charge >= 0.3 is 0 Å². The number of fused-ring (bicyclic) bond motifs is 1.